The van der Waals surface area contributed by atoms with Crippen LogP contribution >= 0.6 is 11.6 Å². The van der Waals surface area contributed by atoms with Gasteiger partial charge in [0, 0.05) is 5.02 Å². The topological polar surface area (TPSA) is 35.5 Å². The van der Waals surface area contributed by atoms with E-state index in [9.17, 15) is 4.79 Å². The van der Waals surface area contributed by atoms with E-state index in [2.05, 4.69) is 13.8 Å². The lowest BCUT2D eigenvalue weighted by atomic mass is 9.99. The van der Waals surface area contributed by atoms with Gasteiger partial charge in [0.25, 0.3) is 0 Å². The highest BCUT2D eigenvalue weighted by Crippen LogP contribution is 2.32. The van der Waals surface area contributed by atoms with E-state index < -0.39 is 0 Å². The molecular formula is C19H21ClO3. The Balaban J connectivity index is 2.28. The van der Waals surface area contributed by atoms with Gasteiger partial charge in [0.2, 0.25) is 0 Å². The van der Waals surface area contributed by atoms with Crippen LogP contribution in [-0.2, 0) is 16.0 Å². The predicted octanol–water partition coefficient (Wildman–Crippen LogP) is 5.36. The van der Waals surface area contributed by atoms with E-state index in [1.165, 1.54) is 0 Å². The third kappa shape index (κ3) is 5.00. The maximum absolute atomic E-state index is 11.7. The molecule has 2 aromatic rings. The van der Waals surface area contributed by atoms with Crippen molar-refractivity contribution in [3.63, 3.8) is 0 Å². The summed E-state index contributed by atoms with van der Waals surface area (Å²) in [6.45, 7) is 6.39. The summed E-state index contributed by atoms with van der Waals surface area (Å²) in [5, 5.41) is 0.622. The molecule has 0 bridgehead atoms. The van der Waals surface area contributed by atoms with Crippen LogP contribution in [0.25, 0.3) is 0 Å². The number of carbonyl (C=O) groups is 1. The molecule has 2 rings (SSSR count). The van der Waals surface area contributed by atoms with Crippen LogP contribution in [0, 0.1) is 0 Å². The SMILES string of the molecule is CCOC(=O)Cc1ccc(C(C)C)c(Oc2cccc(Cl)c2)c1. The monoisotopic (exact) mass is 332 g/mol. The Morgan fingerprint density at radius 1 is 1.17 bits per heavy atom. The van der Waals surface area contributed by atoms with Crippen molar-refractivity contribution in [3.05, 3.63) is 58.6 Å². The van der Waals surface area contributed by atoms with Gasteiger partial charge in [-0.1, -0.05) is 43.6 Å². The highest BCUT2D eigenvalue weighted by atomic mass is 35.5. The number of hydrogen-bond donors (Lipinski definition) is 0. The third-order valence-corrected chi connectivity index (χ3v) is 3.61. The summed E-state index contributed by atoms with van der Waals surface area (Å²) in [6, 6.07) is 13.1. The van der Waals surface area contributed by atoms with Crippen molar-refractivity contribution < 1.29 is 14.3 Å². The fraction of sp³-hybridized carbons (Fsp3) is 0.316. The lowest BCUT2D eigenvalue weighted by molar-refractivity contribution is -0.142. The summed E-state index contributed by atoms with van der Waals surface area (Å²) in [7, 11) is 0. The molecule has 0 saturated carbocycles. The van der Waals surface area contributed by atoms with Gasteiger partial charge in [-0.05, 0) is 48.2 Å². The number of halogens is 1. The molecule has 0 aliphatic heterocycles. The zero-order valence-electron chi connectivity index (χ0n) is 13.6. The van der Waals surface area contributed by atoms with Crippen molar-refractivity contribution in [1.82, 2.24) is 0 Å². The van der Waals surface area contributed by atoms with Crippen LogP contribution in [0.2, 0.25) is 5.02 Å². The molecule has 0 heterocycles. The van der Waals surface area contributed by atoms with Crippen molar-refractivity contribution in [2.24, 2.45) is 0 Å². The van der Waals surface area contributed by atoms with Gasteiger partial charge in [-0.15, -0.1) is 0 Å². The Hall–Kier alpha value is -2.00. The molecule has 122 valence electrons. The molecule has 0 amide bonds. The van der Waals surface area contributed by atoms with E-state index in [-0.39, 0.29) is 12.4 Å². The van der Waals surface area contributed by atoms with Crippen LogP contribution in [0.1, 0.15) is 37.8 Å². The molecule has 0 atom stereocenters. The summed E-state index contributed by atoms with van der Waals surface area (Å²) in [5.41, 5.74) is 1.95. The predicted molar refractivity (Wildman–Crippen MR) is 92.4 cm³/mol. The van der Waals surface area contributed by atoms with E-state index in [0.717, 1.165) is 16.9 Å². The number of ether oxygens (including phenoxy) is 2. The van der Waals surface area contributed by atoms with Crippen LogP contribution in [0.5, 0.6) is 11.5 Å². The minimum atomic E-state index is -0.237. The first kappa shape index (κ1) is 17.4. The Morgan fingerprint density at radius 3 is 2.61 bits per heavy atom. The lowest BCUT2D eigenvalue weighted by Gasteiger charge is -2.15. The fourth-order valence-electron chi connectivity index (χ4n) is 2.29. The molecule has 3 nitrogen and oxygen atoms in total. The van der Waals surface area contributed by atoms with Crippen LogP contribution in [0.3, 0.4) is 0 Å². The second kappa shape index (κ2) is 8.02. The maximum Gasteiger partial charge on any atom is 0.310 e. The van der Waals surface area contributed by atoms with Crippen molar-refractivity contribution in [1.29, 1.82) is 0 Å². The van der Waals surface area contributed by atoms with E-state index >= 15 is 0 Å². The summed E-state index contributed by atoms with van der Waals surface area (Å²) in [5.74, 6) is 1.48. The highest BCUT2D eigenvalue weighted by molar-refractivity contribution is 6.30. The average Bonchev–Trinajstić information content (AvgIpc) is 2.47. The quantitative estimate of drug-likeness (QED) is 0.668. The van der Waals surface area contributed by atoms with E-state index in [1.54, 1.807) is 19.1 Å². The molecule has 0 saturated heterocycles. The van der Waals surface area contributed by atoms with E-state index in [4.69, 9.17) is 21.1 Å². The van der Waals surface area contributed by atoms with Crippen LogP contribution in [0.15, 0.2) is 42.5 Å². The minimum Gasteiger partial charge on any atom is -0.466 e. The van der Waals surface area contributed by atoms with Crippen molar-refractivity contribution in [2.45, 2.75) is 33.1 Å². The lowest BCUT2D eigenvalue weighted by Crippen LogP contribution is -2.08. The van der Waals surface area contributed by atoms with Crippen LogP contribution < -0.4 is 4.74 Å². The Labute approximate surface area is 142 Å². The van der Waals surface area contributed by atoms with Gasteiger partial charge in [-0.3, -0.25) is 4.79 Å². The summed E-state index contributed by atoms with van der Waals surface area (Å²) < 4.78 is 11.0. The summed E-state index contributed by atoms with van der Waals surface area (Å²) >= 11 is 6.01. The van der Waals surface area contributed by atoms with Gasteiger partial charge >= 0.3 is 5.97 Å². The van der Waals surface area contributed by atoms with Gasteiger partial charge in [-0.2, -0.15) is 0 Å². The molecule has 4 heteroatoms. The van der Waals surface area contributed by atoms with Gasteiger partial charge in [0.05, 0.1) is 13.0 Å². The summed E-state index contributed by atoms with van der Waals surface area (Å²) in [6.07, 6.45) is 0.234. The molecule has 2 aromatic carbocycles. The van der Waals surface area contributed by atoms with Crippen LogP contribution in [0.4, 0.5) is 0 Å². The Bertz CT molecular complexity index is 680. The molecule has 0 aliphatic rings. The molecule has 0 unspecified atom stereocenters. The van der Waals surface area contributed by atoms with Crippen molar-refractivity contribution in [3.8, 4) is 11.5 Å². The first-order valence-electron chi connectivity index (χ1n) is 7.71. The van der Waals surface area contributed by atoms with E-state index in [1.807, 2.05) is 30.3 Å². The van der Waals surface area contributed by atoms with Crippen LogP contribution in [-0.4, -0.2) is 12.6 Å². The van der Waals surface area contributed by atoms with E-state index in [0.29, 0.717) is 23.3 Å². The van der Waals surface area contributed by atoms with Crippen molar-refractivity contribution in [2.75, 3.05) is 6.61 Å². The largest absolute Gasteiger partial charge is 0.466 e. The number of benzene rings is 2. The fourth-order valence-corrected chi connectivity index (χ4v) is 2.47. The minimum absolute atomic E-state index is 0.234. The highest BCUT2D eigenvalue weighted by Gasteiger charge is 2.12. The zero-order valence-corrected chi connectivity index (χ0v) is 14.4. The molecular weight excluding hydrogens is 312 g/mol. The summed E-state index contributed by atoms with van der Waals surface area (Å²) in [4.78, 5) is 11.7. The first-order chi connectivity index (χ1) is 11.0. The number of esters is 1. The molecule has 0 fully saturated rings. The van der Waals surface area contributed by atoms with Gasteiger partial charge in [0.15, 0.2) is 0 Å². The molecule has 23 heavy (non-hydrogen) atoms. The van der Waals surface area contributed by atoms with Gasteiger partial charge in [0.1, 0.15) is 11.5 Å². The molecule has 0 N–H and O–H groups in total. The number of rotatable bonds is 6. The Kier molecular flexibility index (Phi) is 6.05. The second-order valence-electron chi connectivity index (χ2n) is 5.57. The maximum atomic E-state index is 11.7. The molecule has 0 spiro atoms. The Morgan fingerprint density at radius 2 is 1.96 bits per heavy atom. The first-order valence-corrected chi connectivity index (χ1v) is 8.09. The third-order valence-electron chi connectivity index (χ3n) is 3.38. The normalized spacial score (nSPS) is 10.7. The number of carbonyl (C=O) groups excluding carboxylic acids is 1. The zero-order chi connectivity index (χ0) is 16.8. The molecule has 0 aliphatic carbocycles. The number of hydrogen-bond acceptors (Lipinski definition) is 3. The molecule has 0 aromatic heterocycles. The second-order valence-corrected chi connectivity index (χ2v) is 6.00. The van der Waals surface area contributed by atoms with Crippen molar-refractivity contribution >= 4 is 17.6 Å². The molecule has 0 radical (unpaired) electrons. The standard InChI is InChI=1S/C19H21ClO3/c1-4-22-19(21)11-14-8-9-17(13(2)3)18(10-14)23-16-7-5-6-15(20)12-16/h5-10,12-13H,4,11H2,1-3H3. The van der Waals surface area contributed by atoms with Gasteiger partial charge in [-0.25, -0.2) is 0 Å². The smallest absolute Gasteiger partial charge is 0.310 e. The van der Waals surface area contributed by atoms with Gasteiger partial charge < -0.3 is 9.47 Å². The average molecular weight is 333 g/mol.